The van der Waals surface area contributed by atoms with E-state index >= 15 is 0 Å². The highest BCUT2D eigenvalue weighted by Crippen LogP contribution is 2.42. The van der Waals surface area contributed by atoms with Crippen LogP contribution in [0.15, 0.2) is 58.8 Å². The maximum absolute atomic E-state index is 11.6. The summed E-state index contributed by atoms with van der Waals surface area (Å²) >= 11 is 0. The zero-order valence-corrected chi connectivity index (χ0v) is 12.8. The molecule has 2 aliphatic rings. The monoisotopic (exact) mass is 340 g/mol. The van der Waals surface area contributed by atoms with E-state index in [2.05, 4.69) is 15.6 Å². The molecule has 0 radical (unpaired) electrons. The molecule has 0 saturated carbocycles. The van der Waals surface area contributed by atoms with E-state index in [4.69, 9.17) is 0 Å². The smallest absolute Gasteiger partial charge is 0.266 e. The van der Waals surface area contributed by atoms with Crippen molar-refractivity contribution in [2.24, 2.45) is 12.2 Å². The number of hydroxylamine groups is 1. The van der Waals surface area contributed by atoms with Gasteiger partial charge >= 0.3 is 0 Å². The third-order valence-corrected chi connectivity index (χ3v) is 4.26. The van der Waals surface area contributed by atoms with Gasteiger partial charge < -0.3 is 15.0 Å². The zero-order chi connectivity index (χ0) is 17.7. The first-order valence-electron chi connectivity index (χ1n) is 7.23. The van der Waals surface area contributed by atoms with Crippen LogP contribution in [-0.4, -0.2) is 20.1 Å². The minimum atomic E-state index is -0.911. The van der Waals surface area contributed by atoms with Crippen molar-refractivity contribution in [1.82, 2.24) is 4.57 Å². The fourth-order valence-electron chi connectivity index (χ4n) is 3.20. The molecule has 1 unspecified atom stereocenters. The van der Waals surface area contributed by atoms with E-state index in [9.17, 15) is 20.2 Å². The number of allylic oxidation sites excluding steroid dienone is 3. The van der Waals surface area contributed by atoms with Crippen molar-refractivity contribution < 1.29 is 14.8 Å². The lowest BCUT2D eigenvalue weighted by molar-refractivity contribution is -0.437. The van der Waals surface area contributed by atoms with Gasteiger partial charge in [0.15, 0.2) is 0 Å². The van der Waals surface area contributed by atoms with Crippen molar-refractivity contribution in [1.29, 1.82) is 0 Å². The van der Waals surface area contributed by atoms with Crippen molar-refractivity contribution >= 4 is 16.6 Å². The van der Waals surface area contributed by atoms with Crippen LogP contribution in [0.1, 0.15) is 11.5 Å². The Morgan fingerprint density at radius 3 is 2.72 bits per heavy atom. The van der Waals surface area contributed by atoms with Crippen LogP contribution in [0.3, 0.4) is 0 Å². The number of nitro groups is 2. The highest BCUT2D eigenvalue weighted by molar-refractivity contribution is 6.12. The molecule has 0 fully saturated rings. The Balaban J connectivity index is 1.99. The van der Waals surface area contributed by atoms with Gasteiger partial charge in [-0.25, -0.2) is 0 Å². The second-order valence-electron chi connectivity index (χ2n) is 5.61. The van der Waals surface area contributed by atoms with Gasteiger partial charge in [-0.05, 0) is 17.3 Å². The first-order valence-corrected chi connectivity index (χ1v) is 7.23. The van der Waals surface area contributed by atoms with E-state index in [-0.39, 0.29) is 17.1 Å². The minimum Gasteiger partial charge on any atom is -0.472 e. The van der Waals surface area contributed by atoms with E-state index in [0.29, 0.717) is 5.56 Å². The Bertz CT molecular complexity index is 1030. The number of oxime groups is 1. The molecule has 0 amide bonds. The molecule has 0 saturated heterocycles. The molecule has 0 N–H and O–H groups in total. The van der Waals surface area contributed by atoms with Crippen LogP contribution in [-0.2, 0) is 12.0 Å². The maximum atomic E-state index is 11.6. The second kappa shape index (κ2) is 5.16. The molecule has 1 aliphatic carbocycles. The average Bonchev–Trinajstić information content (AvgIpc) is 3.18. The highest BCUT2D eigenvalue weighted by atomic mass is 16.8. The molecule has 1 aliphatic heterocycles. The molecular formula is C15H10N5O5-. The summed E-state index contributed by atoms with van der Waals surface area (Å²) in [5.41, 5.74) is 4.20. The Kier molecular flexibility index (Phi) is 3.07. The number of benzene rings is 1. The molecule has 2 heterocycles. The molecule has 126 valence electrons. The standard InChI is InChI=1S/C15H10N5O5/c1-18-7-9(8-4-2-3-5-10(8)18)13-11(19(21)22)6-12(20(23)24)14-15(13)17-25-16-14/h2-7,13H,1H3/q-1. The van der Waals surface area contributed by atoms with Gasteiger partial charge in [0.25, 0.3) is 11.4 Å². The molecule has 0 spiro atoms. The molecular weight excluding hydrogens is 330 g/mol. The summed E-state index contributed by atoms with van der Waals surface area (Å²) in [7, 11) is 1.82. The van der Waals surface area contributed by atoms with Crippen LogP contribution in [0.25, 0.3) is 16.4 Å². The first-order chi connectivity index (χ1) is 12.0. The quantitative estimate of drug-likeness (QED) is 0.627. The molecule has 10 heteroatoms. The number of para-hydroxylation sites is 1. The van der Waals surface area contributed by atoms with E-state index in [0.717, 1.165) is 17.0 Å². The number of rotatable bonds is 3. The minimum absolute atomic E-state index is 0.0669. The van der Waals surface area contributed by atoms with Gasteiger partial charge in [0.05, 0.1) is 21.6 Å². The third-order valence-electron chi connectivity index (χ3n) is 4.26. The van der Waals surface area contributed by atoms with Crippen LogP contribution >= 0.6 is 0 Å². The van der Waals surface area contributed by atoms with Gasteiger partial charge in [-0.2, -0.15) is 0 Å². The van der Waals surface area contributed by atoms with Gasteiger partial charge in [-0.3, -0.25) is 20.2 Å². The number of aromatic nitrogens is 1. The molecule has 25 heavy (non-hydrogen) atoms. The predicted molar refractivity (Wildman–Crippen MR) is 86.6 cm³/mol. The number of fused-ring (bicyclic) bond motifs is 2. The van der Waals surface area contributed by atoms with Gasteiger partial charge in [-0.1, -0.05) is 18.2 Å². The predicted octanol–water partition coefficient (Wildman–Crippen LogP) is 2.60. The van der Waals surface area contributed by atoms with Crippen LogP contribution in [0.4, 0.5) is 0 Å². The number of hydrogen-bond donors (Lipinski definition) is 0. The first kappa shape index (κ1) is 14.9. The molecule has 4 rings (SSSR count). The topological polar surface area (TPSA) is 127 Å². The summed E-state index contributed by atoms with van der Waals surface area (Å²) in [5, 5.41) is 27.4. The summed E-state index contributed by atoms with van der Waals surface area (Å²) in [4.78, 5) is 26.1. The van der Waals surface area contributed by atoms with Crippen molar-refractivity contribution in [3.05, 3.63) is 84.9 Å². The van der Waals surface area contributed by atoms with Crippen molar-refractivity contribution in [2.45, 2.75) is 5.92 Å². The SMILES string of the molecule is Cn1cc(C2C([N+](=O)[O-])=CC([N+](=O)[O-])=C3[N-]ON=C32)c2ccccc21. The maximum Gasteiger partial charge on any atom is 0.266 e. The molecule has 10 nitrogen and oxygen atoms in total. The number of nitrogens with zero attached hydrogens (tertiary/aromatic N) is 5. The summed E-state index contributed by atoms with van der Waals surface area (Å²) in [5.74, 6) is -0.911. The zero-order valence-electron chi connectivity index (χ0n) is 12.8. The van der Waals surface area contributed by atoms with Crippen molar-refractivity contribution in [3.63, 3.8) is 0 Å². The Hall–Kier alpha value is -3.69. The lowest BCUT2D eigenvalue weighted by Crippen LogP contribution is -2.25. The van der Waals surface area contributed by atoms with Crippen LogP contribution < -0.4 is 0 Å². The van der Waals surface area contributed by atoms with Gasteiger partial charge in [-0.15, -0.1) is 5.16 Å². The lowest BCUT2D eigenvalue weighted by atomic mass is 9.85. The summed E-state index contributed by atoms with van der Waals surface area (Å²) in [6.45, 7) is 0. The fraction of sp³-hybridized carbons (Fsp3) is 0.133. The highest BCUT2D eigenvalue weighted by Gasteiger charge is 2.42. The molecule has 1 atom stereocenters. The Morgan fingerprint density at radius 2 is 2.00 bits per heavy atom. The number of aryl methyl sites for hydroxylation is 1. The Morgan fingerprint density at radius 1 is 1.24 bits per heavy atom. The number of hydrogen-bond acceptors (Lipinski definition) is 6. The van der Waals surface area contributed by atoms with E-state index in [1.807, 2.05) is 35.9 Å². The molecule has 1 aromatic heterocycles. The van der Waals surface area contributed by atoms with E-state index in [1.165, 1.54) is 0 Å². The third kappa shape index (κ3) is 2.07. The van der Waals surface area contributed by atoms with Crippen LogP contribution in [0.2, 0.25) is 0 Å². The van der Waals surface area contributed by atoms with Crippen molar-refractivity contribution in [2.75, 3.05) is 0 Å². The van der Waals surface area contributed by atoms with Crippen molar-refractivity contribution in [3.8, 4) is 0 Å². The molecule has 2 aromatic rings. The Labute approximate surface area is 139 Å². The van der Waals surface area contributed by atoms with Crippen LogP contribution in [0.5, 0.6) is 0 Å². The lowest BCUT2D eigenvalue weighted by Gasteiger charge is -2.21. The summed E-state index contributed by atoms with van der Waals surface area (Å²) in [6, 6.07) is 7.40. The average molecular weight is 340 g/mol. The fourth-order valence-corrected chi connectivity index (χ4v) is 3.20. The van der Waals surface area contributed by atoms with Gasteiger partial charge in [0.1, 0.15) is 5.92 Å². The van der Waals surface area contributed by atoms with E-state index in [1.54, 1.807) is 6.20 Å². The summed E-state index contributed by atoms with van der Waals surface area (Å²) in [6.07, 6.45) is 2.68. The largest absolute Gasteiger partial charge is 0.472 e. The van der Waals surface area contributed by atoms with Gasteiger partial charge in [0, 0.05) is 24.1 Å². The summed E-state index contributed by atoms with van der Waals surface area (Å²) < 4.78 is 1.84. The normalized spacial score (nSPS) is 19.0. The van der Waals surface area contributed by atoms with Gasteiger partial charge in [0.2, 0.25) is 0 Å². The van der Waals surface area contributed by atoms with E-state index < -0.39 is 21.5 Å². The van der Waals surface area contributed by atoms with Crippen LogP contribution in [0, 0.1) is 20.2 Å². The molecule has 1 aromatic carbocycles. The molecule has 0 bridgehead atoms. The second-order valence-corrected chi connectivity index (χ2v) is 5.61.